The molecule has 0 saturated carbocycles. The average molecular weight is 326 g/mol. The van der Waals surface area contributed by atoms with Crippen molar-refractivity contribution in [2.24, 2.45) is 0 Å². The third-order valence-electron chi connectivity index (χ3n) is 2.86. The van der Waals surface area contributed by atoms with Gasteiger partial charge in [0.25, 0.3) is 5.69 Å². The lowest BCUT2D eigenvalue weighted by atomic mass is 10.1. The molecule has 0 spiro atoms. The van der Waals surface area contributed by atoms with Crippen LogP contribution in [-0.2, 0) is 11.2 Å². The zero-order valence-electron chi connectivity index (χ0n) is 13.1. The normalized spacial score (nSPS) is 10.4. The first-order valence-electron chi connectivity index (χ1n) is 7.10. The van der Waals surface area contributed by atoms with Crippen molar-refractivity contribution in [2.75, 3.05) is 0 Å². The summed E-state index contributed by atoms with van der Waals surface area (Å²) in [4.78, 5) is 32.2. The molecule has 0 amide bonds. The molecule has 1 aromatic carbocycles. The van der Waals surface area contributed by atoms with Gasteiger partial charge >= 0.3 is 11.8 Å². The second-order valence-electron chi connectivity index (χ2n) is 5.09. The number of nitro groups is 2. The van der Waals surface area contributed by atoms with Crippen LogP contribution >= 0.6 is 0 Å². The molecule has 126 valence electrons. The molecule has 0 radical (unpaired) electrons. The first-order valence-corrected chi connectivity index (χ1v) is 7.10. The minimum atomic E-state index is -1.09. The van der Waals surface area contributed by atoms with Gasteiger partial charge in [-0.15, -0.1) is 0 Å². The van der Waals surface area contributed by atoms with Gasteiger partial charge in [-0.05, 0) is 26.7 Å². The second-order valence-corrected chi connectivity index (χ2v) is 5.09. The summed E-state index contributed by atoms with van der Waals surface area (Å²) >= 11 is 0. The number of carbonyl (C=O) groups excluding carboxylic acids is 1. The summed E-state index contributed by atoms with van der Waals surface area (Å²) in [5, 5.41) is 22.1. The number of nitro benzene ring substituents is 2. The number of non-ortho nitro benzene ring substituents is 1. The molecular weight excluding hydrogens is 308 g/mol. The van der Waals surface area contributed by atoms with E-state index in [1.807, 2.05) is 6.92 Å². The molecular formula is C14H18N2O7. The Morgan fingerprint density at radius 2 is 1.87 bits per heavy atom. The highest BCUT2D eigenvalue weighted by Gasteiger charge is 2.27. The number of rotatable bonds is 7. The lowest BCUT2D eigenvalue weighted by Gasteiger charge is -2.12. The molecule has 0 atom stereocenters. The van der Waals surface area contributed by atoms with Crippen molar-refractivity contribution in [1.82, 2.24) is 0 Å². The Hall–Kier alpha value is -2.71. The summed E-state index contributed by atoms with van der Waals surface area (Å²) in [7, 11) is 0. The van der Waals surface area contributed by atoms with Crippen LogP contribution in [0, 0.1) is 20.2 Å². The fourth-order valence-corrected chi connectivity index (χ4v) is 1.87. The second kappa shape index (κ2) is 8.06. The van der Waals surface area contributed by atoms with Gasteiger partial charge in [0.1, 0.15) is 0 Å². The van der Waals surface area contributed by atoms with Gasteiger partial charge in [-0.3, -0.25) is 20.2 Å². The van der Waals surface area contributed by atoms with E-state index in [0.29, 0.717) is 12.8 Å². The summed E-state index contributed by atoms with van der Waals surface area (Å²) in [5.74, 6) is -0.306. The van der Waals surface area contributed by atoms with Crippen molar-refractivity contribution < 1.29 is 24.1 Å². The van der Waals surface area contributed by atoms with Gasteiger partial charge in [0, 0.05) is 11.6 Å². The van der Waals surface area contributed by atoms with Gasteiger partial charge in [-0.25, -0.2) is 4.79 Å². The van der Waals surface area contributed by atoms with Crippen LogP contribution < -0.4 is 4.74 Å². The highest BCUT2D eigenvalue weighted by Crippen LogP contribution is 2.36. The minimum Gasteiger partial charge on any atom is -0.431 e. The molecule has 0 saturated heterocycles. The Balaban J connectivity index is 3.33. The minimum absolute atomic E-state index is 0.230. The number of hydrogen-bond donors (Lipinski definition) is 0. The molecule has 0 aliphatic rings. The molecule has 9 heteroatoms. The van der Waals surface area contributed by atoms with Crippen molar-refractivity contribution in [3.05, 3.63) is 37.9 Å². The van der Waals surface area contributed by atoms with E-state index in [1.165, 1.54) is 6.07 Å². The number of hydrogen-bond acceptors (Lipinski definition) is 7. The number of carbonyl (C=O) groups is 1. The van der Waals surface area contributed by atoms with Crippen molar-refractivity contribution in [3.8, 4) is 5.75 Å². The van der Waals surface area contributed by atoms with E-state index in [9.17, 15) is 25.0 Å². The van der Waals surface area contributed by atoms with Crippen LogP contribution in [0.5, 0.6) is 5.75 Å². The summed E-state index contributed by atoms with van der Waals surface area (Å²) in [5.41, 5.74) is -0.827. The maximum Gasteiger partial charge on any atom is 0.514 e. The Morgan fingerprint density at radius 3 is 2.35 bits per heavy atom. The van der Waals surface area contributed by atoms with Gasteiger partial charge in [0.15, 0.2) is 0 Å². The molecule has 0 aromatic heterocycles. The summed E-state index contributed by atoms with van der Waals surface area (Å²) < 4.78 is 9.76. The third-order valence-corrected chi connectivity index (χ3v) is 2.86. The molecule has 0 bridgehead atoms. The van der Waals surface area contributed by atoms with Gasteiger partial charge in [0.05, 0.1) is 22.0 Å². The first kappa shape index (κ1) is 18.3. The van der Waals surface area contributed by atoms with Crippen LogP contribution in [0.3, 0.4) is 0 Å². The first-order chi connectivity index (χ1) is 10.8. The number of ether oxygens (including phenoxy) is 2. The molecule has 0 aliphatic heterocycles. The third kappa shape index (κ3) is 5.20. The fourth-order valence-electron chi connectivity index (χ4n) is 1.87. The maximum absolute atomic E-state index is 11.6. The average Bonchev–Trinajstić information content (AvgIpc) is 2.44. The van der Waals surface area contributed by atoms with Crippen molar-refractivity contribution in [2.45, 2.75) is 46.1 Å². The van der Waals surface area contributed by atoms with E-state index >= 15 is 0 Å². The maximum atomic E-state index is 11.6. The standard InChI is InChI=1S/C14H18N2O7/c1-4-5-6-10-7-11(15(18)19)8-12(16(20)21)13(10)23-14(17)22-9(2)3/h7-9H,4-6H2,1-3H3. The lowest BCUT2D eigenvalue weighted by molar-refractivity contribution is -0.394. The molecule has 0 N–H and O–H groups in total. The number of nitrogens with zero attached hydrogens (tertiary/aromatic N) is 2. The predicted octanol–water partition coefficient (Wildman–Crippen LogP) is 3.77. The Labute approximate surface area is 132 Å². The van der Waals surface area contributed by atoms with E-state index in [0.717, 1.165) is 12.5 Å². The Morgan fingerprint density at radius 1 is 1.22 bits per heavy atom. The van der Waals surface area contributed by atoms with Crippen molar-refractivity contribution in [1.29, 1.82) is 0 Å². The quantitative estimate of drug-likeness (QED) is 0.323. The molecule has 0 aliphatic carbocycles. The highest BCUT2D eigenvalue weighted by molar-refractivity contribution is 5.69. The van der Waals surface area contributed by atoms with Crippen LogP contribution in [0.4, 0.5) is 16.2 Å². The van der Waals surface area contributed by atoms with Gasteiger partial charge in [-0.1, -0.05) is 13.3 Å². The van der Waals surface area contributed by atoms with Gasteiger partial charge in [0.2, 0.25) is 5.75 Å². The molecule has 0 unspecified atom stereocenters. The zero-order valence-corrected chi connectivity index (χ0v) is 13.1. The molecule has 9 nitrogen and oxygen atoms in total. The van der Waals surface area contributed by atoms with Crippen molar-refractivity contribution >= 4 is 17.5 Å². The molecule has 0 fully saturated rings. The highest BCUT2D eigenvalue weighted by atomic mass is 16.7. The van der Waals surface area contributed by atoms with Crippen LogP contribution in [0.25, 0.3) is 0 Å². The van der Waals surface area contributed by atoms with E-state index in [2.05, 4.69) is 0 Å². The summed E-state index contributed by atoms with van der Waals surface area (Å²) in [6.45, 7) is 5.10. The Bertz CT molecular complexity index is 613. The monoisotopic (exact) mass is 326 g/mol. The zero-order chi connectivity index (χ0) is 17.6. The fraction of sp³-hybridized carbons (Fsp3) is 0.500. The number of aryl methyl sites for hydroxylation is 1. The largest absolute Gasteiger partial charge is 0.514 e. The molecule has 23 heavy (non-hydrogen) atoms. The summed E-state index contributed by atoms with van der Waals surface area (Å²) in [6, 6.07) is 1.95. The van der Waals surface area contributed by atoms with Crippen LogP contribution in [-0.4, -0.2) is 22.1 Å². The van der Waals surface area contributed by atoms with Crippen LogP contribution in [0.2, 0.25) is 0 Å². The van der Waals surface area contributed by atoms with Gasteiger partial charge in [-0.2, -0.15) is 0 Å². The van der Waals surface area contributed by atoms with E-state index < -0.39 is 33.5 Å². The Kier molecular flexibility index (Phi) is 6.43. The molecule has 1 rings (SSSR count). The molecule has 1 aromatic rings. The predicted molar refractivity (Wildman–Crippen MR) is 80.6 cm³/mol. The SMILES string of the molecule is CCCCc1cc([N+](=O)[O-])cc([N+](=O)[O-])c1OC(=O)OC(C)C. The lowest BCUT2D eigenvalue weighted by Crippen LogP contribution is -2.17. The van der Waals surface area contributed by atoms with E-state index in [1.54, 1.807) is 13.8 Å². The van der Waals surface area contributed by atoms with E-state index in [4.69, 9.17) is 9.47 Å². The topological polar surface area (TPSA) is 122 Å². The van der Waals surface area contributed by atoms with Crippen molar-refractivity contribution in [3.63, 3.8) is 0 Å². The number of unbranched alkanes of at least 4 members (excludes halogenated alkanes) is 1. The van der Waals surface area contributed by atoms with Crippen LogP contribution in [0.1, 0.15) is 39.2 Å². The van der Waals surface area contributed by atoms with Crippen LogP contribution in [0.15, 0.2) is 12.1 Å². The smallest absolute Gasteiger partial charge is 0.431 e. The number of benzene rings is 1. The van der Waals surface area contributed by atoms with E-state index in [-0.39, 0.29) is 11.3 Å². The summed E-state index contributed by atoms with van der Waals surface area (Å²) in [6.07, 6.45) is 0.164. The molecule has 0 heterocycles. The van der Waals surface area contributed by atoms with Gasteiger partial charge < -0.3 is 9.47 Å².